The van der Waals surface area contributed by atoms with Gasteiger partial charge in [0.15, 0.2) is 0 Å². The van der Waals surface area contributed by atoms with E-state index in [0.717, 1.165) is 5.56 Å². The SMILES string of the molecule is Cc1ccc(C(NN)c2cnn(C)c2)c(C)c1. The molecule has 3 N–H and O–H groups in total. The zero-order valence-corrected chi connectivity index (χ0v) is 10.4. The Morgan fingerprint density at radius 1 is 1.35 bits per heavy atom. The third kappa shape index (κ3) is 2.38. The van der Waals surface area contributed by atoms with Crippen molar-refractivity contribution in [2.24, 2.45) is 12.9 Å². The van der Waals surface area contributed by atoms with Gasteiger partial charge in [-0.2, -0.15) is 5.10 Å². The number of nitrogens with two attached hydrogens (primary N) is 1. The molecule has 0 bridgehead atoms. The fourth-order valence-corrected chi connectivity index (χ4v) is 2.10. The highest BCUT2D eigenvalue weighted by Gasteiger charge is 2.15. The molecule has 0 aliphatic rings. The van der Waals surface area contributed by atoms with Crippen molar-refractivity contribution in [3.8, 4) is 0 Å². The predicted octanol–water partition coefficient (Wildman–Crippen LogP) is 1.59. The largest absolute Gasteiger partial charge is 0.275 e. The smallest absolute Gasteiger partial charge is 0.0743 e. The zero-order chi connectivity index (χ0) is 12.4. The highest BCUT2D eigenvalue weighted by atomic mass is 15.3. The maximum atomic E-state index is 5.67. The average molecular weight is 230 g/mol. The summed E-state index contributed by atoms with van der Waals surface area (Å²) in [6, 6.07) is 6.37. The van der Waals surface area contributed by atoms with Crippen molar-refractivity contribution in [2.75, 3.05) is 0 Å². The van der Waals surface area contributed by atoms with Crippen LogP contribution in [0.25, 0.3) is 0 Å². The molecule has 2 rings (SSSR count). The van der Waals surface area contributed by atoms with Crippen LogP contribution in [0.15, 0.2) is 30.6 Å². The Morgan fingerprint density at radius 3 is 2.65 bits per heavy atom. The van der Waals surface area contributed by atoms with Crippen LogP contribution >= 0.6 is 0 Å². The molecule has 0 spiro atoms. The van der Waals surface area contributed by atoms with Crippen molar-refractivity contribution in [3.05, 3.63) is 52.8 Å². The van der Waals surface area contributed by atoms with Gasteiger partial charge in [0.05, 0.1) is 12.2 Å². The van der Waals surface area contributed by atoms with E-state index in [0.29, 0.717) is 0 Å². The second-order valence-electron chi connectivity index (χ2n) is 4.41. The van der Waals surface area contributed by atoms with Gasteiger partial charge >= 0.3 is 0 Å². The molecule has 1 aromatic heterocycles. The van der Waals surface area contributed by atoms with Crippen LogP contribution in [0.4, 0.5) is 0 Å². The quantitative estimate of drug-likeness (QED) is 0.622. The fraction of sp³-hybridized carbons (Fsp3) is 0.308. The van der Waals surface area contributed by atoms with Gasteiger partial charge < -0.3 is 0 Å². The lowest BCUT2D eigenvalue weighted by atomic mass is 9.96. The van der Waals surface area contributed by atoms with Crippen LogP contribution < -0.4 is 11.3 Å². The number of aryl methyl sites for hydroxylation is 3. The van der Waals surface area contributed by atoms with Crippen molar-refractivity contribution in [3.63, 3.8) is 0 Å². The molecule has 0 fully saturated rings. The normalized spacial score (nSPS) is 12.7. The van der Waals surface area contributed by atoms with Crippen molar-refractivity contribution in [1.82, 2.24) is 15.2 Å². The first-order chi connectivity index (χ1) is 8.11. The number of nitrogens with zero attached hydrogens (tertiary/aromatic N) is 2. The lowest BCUT2D eigenvalue weighted by Crippen LogP contribution is -2.29. The number of hydrogen-bond acceptors (Lipinski definition) is 3. The van der Waals surface area contributed by atoms with Crippen LogP contribution in [-0.4, -0.2) is 9.78 Å². The highest BCUT2D eigenvalue weighted by Crippen LogP contribution is 2.24. The molecule has 0 saturated carbocycles. The molecule has 0 amide bonds. The van der Waals surface area contributed by atoms with E-state index in [2.05, 4.69) is 42.6 Å². The van der Waals surface area contributed by atoms with Crippen LogP contribution in [0.1, 0.15) is 28.3 Å². The Labute approximate surface area is 101 Å². The molecule has 90 valence electrons. The second-order valence-corrected chi connectivity index (χ2v) is 4.41. The molecular weight excluding hydrogens is 212 g/mol. The number of nitrogens with one attached hydrogen (secondary N) is 1. The first-order valence-electron chi connectivity index (χ1n) is 5.63. The minimum absolute atomic E-state index is 0.00991. The predicted molar refractivity (Wildman–Crippen MR) is 68.3 cm³/mol. The molecule has 0 saturated heterocycles. The maximum Gasteiger partial charge on any atom is 0.0743 e. The van der Waals surface area contributed by atoms with E-state index < -0.39 is 0 Å². The van der Waals surface area contributed by atoms with Crippen LogP contribution in [0, 0.1) is 13.8 Å². The van der Waals surface area contributed by atoms with Crippen LogP contribution in [-0.2, 0) is 7.05 Å². The molecule has 0 radical (unpaired) electrons. The fourth-order valence-electron chi connectivity index (χ4n) is 2.10. The molecule has 1 atom stereocenters. The summed E-state index contributed by atoms with van der Waals surface area (Å²) in [7, 11) is 1.90. The van der Waals surface area contributed by atoms with Crippen LogP contribution in [0.3, 0.4) is 0 Å². The van der Waals surface area contributed by atoms with E-state index in [1.54, 1.807) is 4.68 Å². The minimum atomic E-state index is -0.00991. The molecule has 1 heterocycles. The van der Waals surface area contributed by atoms with Gasteiger partial charge in [0.1, 0.15) is 0 Å². The van der Waals surface area contributed by atoms with E-state index in [9.17, 15) is 0 Å². The Kier molecular flexibility index (Phi) is 3.26. The maximum absolute atomic E-state index is 5.67. The third-order valence-corrected chi connectivity index (χ3v) is 2.96. The number of rotatable bonds is 3. The summed E-state index contributed by atoms with van der Waals surface area (Å²) >= 11 is 0. The van der Waals surface area contributed by atoms with Gasteiger partial charge in [-0.1, -0.05) is 23.8 Å². The van der Waals surface area contributed by atoms with Gasteiger partial charge in [-0.15, -0.1) is 0 Å². The van der Waals surface area contributed by atoms with Gasteiger partial charge in [-0.05, 0) is 25.0 Å². The number of benzene rings is 1. The molecule has 1 aromatic carbocycles. The van der Waals surface area contributed by atoms with E-state index >= 15 is 0 Å². The van der Waals surface area contributed by atoms with Gasteiger partial charge in [0.2, 0.25) is 0 Å². The standard InChI is InChI=1S/C13H18N4/c1-9-4-5-12(10(2)6-9)13(16-14)11-7-15-17(3)8-11/h4-8,13,16H,14H2,1-3H3. The van der Waals surface area contributed by atoms with E-state index in [1.165, 1.54) is 16.7 Å². The number of hydrogen-bond donors (Lipinski definition) is 2. The molecular formula is C13H18N4. The minimum Gasteiger partial charge on any atom is -0.275 e. The van der Waals surface area contributed by atoms with Gasteiger partial charge in [0.25, 0.3) is 0 Å². The molecule has 4 heteroatoms. The second kappa shape index (κ2) is 4.69. The highest BCUT2D eigenvalue weighted by molar-refractivity contribution is 5.37. The Balaban J connectivity index is 2.42. The van der Waals surface area contributed by atoms with E-state index in [-0.39, 0.29) is 6.04 Å². The van der Waals surface area contributed by atoms with Crippen molar-refractivity contribution >= 4 is 0 Å². The number of aromatic nitrogens is 2. The van der Waals surface area contributed by atoms with Gasteiger partial charge in [-0.25, -0.2) is 5.43 Å². The van der Waals surface area contributed by atoms with Crippen molar-refractivity contribution in [1.29, 1.82) is 0 Å². The third-order valence-electron chi connectivity index (χ3n) is 2.96. The van der Waals surface area contributed by atoms with E-state index in [4.69, 9.17) is 5.84 Å². The van der Waals surface area contributed by atoms with Gasteiger partial charge in [-0.3, -0.25) is 10.5 Å². The Morgan fingerprint density at radius 2 is 2.12 bits per heavy atom. The Hall–Kier alpha value is -1.65. The average Bonchev–Trinajstić information content (AvgIpc) is 2.69. The monoisotopic (exact) mass is 230 g/mol. The molecule has 1 unspecified atom stereocenters. The van der Waals surface area contributed by atoms with Gasteiger partial charge in [0, 0.05) is 18.8 Å². The van der Waals surface area contributed by atoms with E-state index in [1.807, 2.05) is 19.4 Å². The molecule has 2 aromatic rings. The summed E-state index contributed by atoms with van der Waals surface area (Å²) < 4.78 is 1.78. The van der Waals surface area contributed by atoms with Crippen molar-refractivity contribution < 1.29 is 0 Å². The lowest BCUT2D eigenvalue weighted by Gasteiger charge is -2.17. The summed E-state index contributed by atoms with van der Waals surface area (Å²) in [6.45, 7) is 4.19. The first kappa shape index (κ1) is 11.8. The summed E-state index contributed by atoms with van der Waals surface area (Å²) in [5.41, 5.74) is 7.60. The molecule has 4 nitrogen and oxygen atoms in total. The zero-order valence-electron chi connectivity index (χ0n) is 10.4. The lowest BCUT2D eigenvalue weighted by molar-refractivity contribution is 0.632. The summed E-state index contributed by atoms with van der Waals surface area (Å²) in [6.07, 6.45) is 3.81. The summed E-state index contributed by atoms with van der Waals surface area (Å²) in [5.74, 6) is 5.67. The number of hydrazine groups is 1. The molecule has 0 aliphatic carbocycles. The topological polar surface area (TPSA) is 55.9 Å². The molecule has 0 aliphatic heterocycles. The summed E-state index contributed by atoms with van der Waals surface area (Å²) in [4.78, 5) is 0. The van der Waals surface area contributed by atoms with Crippen molar-refractivity contribution in [2.45, 2.75) is 19.9 Å². The van der Waals surface area contributed by atoms with Crippen LogP contribution in [0.5, 0.6) is 0 Å². The Bertz CT molecular complexity index is 516. The first-order valence-corrected chi connectivity index (χ1v) is 5.63. The summed E-state index contributed by atoms with van der Waals surface area (Å²) in [5, 5.41) is 4.18. The molecule has 17 heavy (non-hydrogen) atoms. The van der Waals surface area contributed by atoms with Crippen LogP contribution in [0.2, 0.25) is 0 Å².